The summed E-state index contributed by atoms with van der Waals surface area (Å²) in [6.07, 6.45) is 3.00. The molecule has 3 aliphatic rings. The first-order chi connectivity index (χ1) is 14.3. The normalized spacial score (nSPS) is 29.9. The maximum Gasteiger partial charge on any atom is 0.326 e. The van der Waals surface area contributed by atoms with E-state index in [1.807, 2.05) is 6.07 Å². The Labute approximate surface area is 176 Å². The first-order valence-corrected chi connectivity index (χ1v) is 10.6. The highest BCUT2D eigenvalue weighted by Crippen LogP contribution is 2.64. The largest absolute Gasteiger partial charge is 0.480 e. The zero-order valence-electron chi connectivity index (χ0n) is 17.4. The minimum Gasteiger partial charge on any atom is -0.480 e. The van der Waals surface area contributed by atoms with E-state index >= 15 is 0 Å². The molecule has 2 amide bonds. The maximum absolute atomic E-state index is 13.4. The number of ether oxygens (including phenoxy) is 1. The molecule has 2 saturated heterocycles. The number of likely N-dealkylation sites (tertiary alicyclic amines) is 1. The van der Waals surface area contributed by atoms with Gasteiger partial charge in [-0.05, 0) is 35.8 Å². The van der Waals surface area contributed by atoms with E-state index in [2.05, 4.69) is 24.1 Å². The SMILES string of the molecule is CC1(C)[C@@H]2[C@@H](C(=O)O)N(C(=O)[C@H](Cc3ccccn3)NC(=O)CC3CCOC3)C[C@@H]21. The fourth-order valence-electron chi connectivity index (χ4n) is 5.18. The molecule has 1 aromatic rings. The predicted molar refractivity (Wildman–Crippen MR) is 107 cm³/mol. The summed E-state index contributed by atoms with van der Waals surface area (Å²) in [4.78, 5) is 43.7. The first kappa shape index (κ1) is 20.8. The summed E-state index contributed by atoms with van der Waals surface area (Å²) in [5.74, 6) is -1.23. The lowest BCUT2D eigenvalue weighted by Crippen LogP contribution is -2.54. The van der Waals surface area contributed by atoms with Crippen molar-refractivity contribution >= 4 is 17.8 Å². The summed E-state index contributed by atoms with van der Waals surface area (Å²) in [6.45, 7) is 5.73. The van der Waals surface area contributed by atoms with E-state index < -0.39 is 18.1 Å². The average molecular weight is 415 g/mol. The molecule has 8 heteroatoms. The molecule has 30 heavy (non-hydrogen) atoms. The smallest absolute Gasteiger partial charge is 0.326 e. The van der Waals surface area contributed by atoms with Gasteiger partial charge < -0.3 is 20.1 Å². The molecule has 2 N–H and O–H groups in total. The molecule has 162 valence electrons. The number of carbonyl (C=O) groups is 3. The summed E-state index contributed by atoms with van der Waals surface area (Å²) in [5, 5.41) is 12.7. The number of fused-ring (bicyclic) bond motifs is 1. The van der Waals surface area contributed by atoms with Crippen LogP contribution in [-0.2, 0) is 25.5 Å². The molecule has 1 aliphatic carbocycles. The topological polar surface area (TPSA) is 109 Å². The van der Waals surface area contributed by atoms with E-state index in [1.165, 1.54) is 4.90 Å². The third-order valence-electron chi connectivity index (χ3n) is 7.02. The average Bonchev–Trinajstić information content (AvgIpc) is 3.14. The van der Waals surface area contributed by atoms with Crippen LogP contribution in [0.1, 0.15) is 32.4 Å². The number of aromatic nitrogens is 1. The van der Waals surface area contributed by atoms with Crippen molar-refractivity contribution in [3.8, 4) is 0 Å². The van der Waals surface area contributed by atoms with Crippen LogP contribution in [0.2, 0.25) is 0 Å². The van der Waals surface area contributed by atoms with Crippen molar-refractivity contribution in [1.82, 2.24) is 15.2 Å². The van der Waals surface area contributed by atoms with Crippen molar-refractivity contribution < 1.29 is 24.2 Å². The zero-order chi connectivity index (χ0) is 21.5. The van der Waals surface area contributed by atoms with Crippen LogP contribution in [0.25, 0.3) is 0 Å². The lowest BCUT2D eigenvalue weighted by atomic mass is 9.99. The van der Waals surface area contributed by atoms with Gasteiger partial charge in [-0.1, -0.05) is 19.9 Å². The van der Waals surface area contributed by atoms with Crippen molar-refractivity contribution in [2.75, 3.05) is 19.8 Å². The molecule has 0 spiro atoms. The number of hydrogen-bond donors (Lipinski definition) is 2. The second kappa shape index (κ2) is 7.98. The summed E-state index contributed by atoms with van der Waals surface area (Å²) in [7, 11) is 0. The molecule has 0 aromatic carbocycles. The molecule has 5 atom stereocenters. The second-order valence-corrected chi connectivity index (χ2v) is 9.31. The van der Waals surface area contributed by atoms with Gasteiger partial charge in [0, 0.05) is 50.4 Å². The quantitative estimate of drug-likeness (QED) is 0.690. The lowest BCUT2D eigenvalue weighted by molar-refractivity contribution is -0.151. The van der Waals surface area contributed by atoms with Crippen LogP contribution in [0.4, 0.5) is 0 Å². The van der Waals surface area contributed by atoms with Crippen molar-refractivity contribution in [2.24, 2.45) is 23.2 Å². The Balaban J connectivity index is 1.50. The Kier molecular flexibility index (Phi) is 5.53. The number of carboxylic acid groups (broad SMARTS) is 1. The molecule has 1 aromatic heterocycles. The molecule has 3 heterocycles. The van der Waals surface area contributed by atoms with E-state index in [4.69, 9.17) is 4.74 Å². The fourth-order valence-corrected chi connectivity index (χ4v) is 5.18. The Morgan fingerprint density at radius 1 is 1.37 bits per heavy atom. The molecular formula is C22H29N3O5. The summed E-state index contributed by atoms with van der Waals surface area (Å²) < 4.78 is 5.33. The third kappa shape index (κ3) is 3.93. The molecule has 3 fully saturated rings. The number of amides is 2. The van der Waals surface area contributed by atoms with Crippen LogP contribution in [0.5, 0.6) is 0 Å². The monoisotopic (exact) mass is 415 g/mol. The Hall–Kier alpha value is -2.48. The number of aliphatic carboxylic acids is 1. The third-order valence-corrected chi connectivity index (χ3v) is 7.02. The predicted octanol–water partition coefficient (Wildman–Crippen LogP) is 1.10. The number of hydrogen-bond acceptors (Lipinski definition) is 5. The van der Waals surface area contributed by atoms with Gasteiger partial charge in [-0.25, -0.2) is 4.79 Å². The number of piperidine rings is 1. The van der Waals surface area contributed by atoms with Crippen LogP contribution >= 0.6 is 0 Å². The molecule has 8 nitrogen and oxygen atoms in total. The first-order valence-electron chi connectivity index (χ1n) is 10.6. The molecule has 1 unspecified atom stereocenters. The molecule has 1 saturated carbocycles. The highest BCUT2D eigenvalue weighted by molar-refractivity contribution is 5.91. The Bertz CT molecular complexity index is 821. The van der Waals surface area contributed by atoms with Crippen LogP contribution in [0.3, 0.4) is 0 Å². The van der Waals surface area contributed by atoms with Crippen molar-refractivity contribution in [2.45, 2.75) is 45.2 Å². The van der Waals surface area contributed by atoms with Gasteiger partial charge in [0.25, 0.3) is 0 Å². The number of nitrogens with one attached hydrogen (secondary N) is 1. The van der Waals surface area contributed by atoms with Gasteiger partial charge in [0.1, 0.15) is 12.1 Å². The summed E-state index contributed by atoms with van der Waals surface area (Å²) in [5.41, 5.74) is 0.610. The number of rotatable bonds is 7. The summed E-state index contributed by atoms with van der Waals surface area (Å²) in [6, 6.07) is 3.74. The van der Waals surface area contributed by atoms with E-state index in [0.717, 1.165) is 6.42 Å². The van der Waals surface area contributed by atoms with Gasteiger partial charge in [0.15, 0.2) is 0 Å². The minimum absolute atomic E-state index is 0.0409. The summed E-state index contributed by atoms with van der Waals surface area (Å²) >= 11 is 0. The van der Waals surface area contributed by atoms with Crippen LogP contribution in [-0.4, -0.2) is 64.6 Å². The minimum atomic E-state index is -0.979. The molecule has 4 rings (SSSR count). The van der Waals surface area contributed by atoms with E-state index in [0.29, 0.717) is 31.9 Å². The van der Waals surface area contributed by atoms with Gasteiger partial charge >= 0.3 is 5.97 Å². The number of nitrogens with zero attached hydrogens (tertiary/aromatic N) is 2. The standard InChI is InChI=1S/C22H29N3O5/c1-22(2)15-11-25(19(18(15)22)21(28)29)20(27)16(10-14-5-3-4-7-23-14)24-17(26)9-13-6-8-30-12-13/h3-5,7,13,15-16,18-19H,6,8-12H2,1-2H3,(H,24,26)(H,28,29)/t13?,15-,16-,18-,19-/m0/s1. The Morgan fingerprint density at radius 3 is 2.80 bits per heavy atom. The van der Waals surface area contributed by atoms with Crippen LogP contribution in [0, 0.1) is 23.2 Å². The molecular weight excluding hydrogens is 386 g/mol. The van der Waals surface area contributed by atoms with Crippen LogP contribution < -0.4 is 5.32 Å². The van der Waals surface area contributed by atoms with Gasteiger partial charge in [-0.2, -0.15) is 0 Å². The fraction of sp³-hybridized carbons (Fsp3) is 0.636. The number of carbonyl (C=O) groups excluding carboxylic acids is 2. The maximum atomic E-state index is 13.4. The van der Waals surface area contributed by atoms with Crippen molar-refractivity contribution in [3.63, 3.8) is 0 Å². The highest BCUT2D eigenvalue weighted by atomic mass is 16.5. The van der Waals surface area contributed by atoms with Crippen molar-refractivity contribution in [1.29, 1.82) is 0 Å². The van der Waals surface area contributed by atoms with Crippen molar-refractivity contribution in [3.05, 3.63) is 30.1 Å². The molecule has 0 radical (unpaired) electrons. The highest BCUT2D eigenvalue weighted by Gasteiger charge is 2.69. The van der Waals surface area contributed by atoms with Crippen LogP contribution in [0.15, 0.2) is 24.4 Å². The van der Waals surface area contributed by atoms with E-state index in [9.17, 15) is 19.5 Å². The van der Waals surface area contributed by atoms with E-state index in [-0.39, 0.29) is 41.4 Å². The lowest BCUT2D eigenvalue weighted by Gasteiger charge is -2.31. The zero-order valence-corrected chi connectivity index (χ0v) is 17.4. The van der Waals surface area contributed by atoms with Gasteiger partial charge in [-0.3, -0.25) is 14.6 Å². The molecule has 0 bridgehead atoms. The Morgan fingerprint density at radius 2 is 2.17 bits per heavy atom. The number of carboxylic acids is 1. The van der Waals surface area contributed by atoms with Gasteiger partial charge in [0.05, 0.1) is 0 Å². The second-order valence-electron chi connectivity index (χ2n) is 9.31. The molecule has 2 aliphatic heterocycles. The van der Waals surface area contributed by atoms with Gasteiger partial charge in [-0.15, -0.1) is 0 Å². The van der Waals surface area contributed by atoms with E-state index in [1.54, 1.807) is 18.3 Å². The van der Waals surface area contributed by atoms with Gasteiger partial charge in [0.2, 0.25) is 11.8 Å². The number of pyridine rings is 1.